The van der Waals surface area contributed by atoms with Crippen LogP contribution in [0.25, 0.3) is 11.2 Å². The van der Waals surface area contributed by atoms with Gasteiger partial charge in [0.05, 0.1) is 11.8 Å². The first-order valence-corrected chi connectivity index (χ1v) is 8.28. The lowest BCUT2D eigenvalue weighted by atomic mass is 10.1. The molecule has 1 amide bonds. The number of piperidine rings is 1. The van der Waals surface area contributed by atoms with Crippen LogP contribution in [0, 0.1) is 0 Å². The van der Waals surface area contributed by atoms with Crippen molar-refractivity contribution in [3.05, 3.63) is 30.6 Å². The maximum absolute atomic E-state index is 11.6. The molecule has 1 N–H and O–H groups in total. The summed E-state index contributed by atoms with van der Waals surface area (Å²) >= 11 is 1.72. The first-order chi connectivity index (χ1) is 11.1. The third-order valence-corrected chi connectivity index (χ3v) is 4.37. The number of aromatic nitrogens is 3. The number of H-pyrrole nitrogens is 1. The minimum Gasteiger partial charge on any atom is -0.473 e. The molecule has 1 aliphatic heterocycles. The Kier molecular flexibility index (Phi) is 4.60. The minimum absolute atomic E-state index is 0.0201. The number of aromatic amines is 1. The van der Waals surface area contributed by atoms with E-state index < -0.39 is 0 Å². The van der Waals surface area contributed by atoms with E-state index >= 15 is 0 Å². The molecule has 0 aromatic carbocycles. The van der Waals surface area contributed by atoms with Gasteiger partial charge in [0.25, 0.3) is 0 Å². The van der Waals surface area contributed by atoms with Gasteiger partial charge in [0, 0.05) is 54.7 Å². The van der Waals surface area contributed by atoms with Crippen molar-refractivity contribution in [2.45, 2.75) is 18.9 Å². The number of hydrogen-bond acceptors (Lipinski definition) is 5. The van der Waals surface area contributed by atoms with Gasteiger partial charge in [-0.25, -0.2) is 9.97 Å². The van der Waals surface area contributed by atoms with Gasteiger partial charge in [0.1, 0.15) is 11.6 Å². The molecular weight excluding hydrogens is 411 g/mol. The number of hydrogen-bond donors (Lipinski definition) is 1. The number of rotatable bonds is 4. The lowest BCUT2D eigenvalue weighted by Crippen LogP contribution is -2.41. The fourth-order valence-electron chi connectivity index (χ4n) is 2.58. The molecule has 0 atom stereocenters. The van der Waals surface area contributed by atoms with E-state index in [0.717, 1.165) is 12.8 Å². The molecule has 8 heteroatoms. The number of nitrogens with one attached hydrogen (secondary N) is 1. The average molecular weight is 426 g/mol. The SMILES string of the molecule is C=CC(=O)N1CCC(Oc2cnc3[nH]cc(C(=O)I)c3n2)CC1. The van der Waals surface area contributed by atoms with Gasteiger partial charge in [-0.3, -0.25) is 9.59 Å². The van der Waals surface area contributed by atoms with Crippen molar-refractivity contribution in [3.8, 4) is 5.88 Å². The molecular formula is C15H15IN4O3. The van der Waals surface area contributed by atoms with E-state index in [-0.39, 0.29) is 15.8 Å². The molecule has 1 saturated heterocycles. The summed E-state index contributed by atoms with van der Waals surface area (Å²) in [5.41, 5.74) is 1.56. The standard InChI is InChI=1S/C15H15IN4O3/c1-2-12(21)20-5-3-9(4-6-20)23-11-8-18-15-13(19-11)10(7-17-15)14(16)22/h2,7-9H,1,3-6H2,(H,17,18). The first kappa shape index (κ1) is 15.9. The van der Waals surface area contributed by atoms with Crippen LogP contribution in [0.1, 0.15) is 23.2 Å². The van der Waals surface area contributed by atoms with Gasteiger partial charge in [-0.1, -0.05) is 6.58 Å². The van der Waals surface area contributed by atoms with E-state index in [0.29, 0.717) is 35.7 Å². The Hall–Kier alpha value is -1.97. The van der Waals surface area contributed by atoms with E-state index in [4.69, 9.17) is 4.74 Å². The molecule has 0 saturated carbocycles. The number of carbonyl (C=O) groups is 2. The van der Waals surface area contributed by atoms with Gasteiger partial charge in [0.2, 0.25) is 15.6 Å². The second-order valence-corrected chi connectivity index (χ2v) is 6.21. The molecule has 23 heavy (non-hydrogen) atoms. The zero-order chi connectivity index (χ0) is 16.4. The lowest BCUT2D eigenvalue weighted by Gasteiger charge is -2.31. The molecule has 2 aromatic heterocycles. The summed E-state index contributed by atoms with van der Waals surface area (Å²) in [6.45, 7) is 4.76. The number of amides is 1. The zero-order valence-corrected chi connectivity index (χ0v) is 14.4. The first-order valence-electron chi connectivity index (χ1n) is 7.20. The number of halogens is 1. The third kappa shape index (κ3) is 3.36. The topological polar surface area (TPSA) is 88.2 Å². The summed E-state index contributed by atoms with van der Waals surface area (Å²) in [5, 5.41) is 0. The normalized spacial score (nSPS) is 15.6. The summed E-state index contributed by atoms with van der Waals surface area (Å²) < 4.78 is 5.76. The number of ether oxygens (including phenoxy) is 1. The summed E-state index contributed by atoms with van der Waals surface area (Å²) in [6.07, 6.45) is 5.90. The Morgan fingerprint density at radius 3 is 2.83 bits per heavy atom. The van der Waals surface area contributed by atoms with Crippen LogP contribution < -0.4 is 4.74 Å². The molecule has 1 fully saturated rings. The Morgan fingerprint density at radius 1 is 1.43 bits per heavy atom. The molecule has 0 aliphatic carbocycles. The summed E-state index contributed by atoms with van der Waals surface area (Å²) in [6, 6.07) is 0. The van der Waals surface area contributed by atoms with Crippen molar-refractivity contribution < 1.29 is 14.3 Å². The van der Waals surface area contributed by atoms with Crippen molar-refractivity contribution in [2.75, 3.05) is 13.1 Å². The third-order valence-electron chi connectivity index (χ3n) is 3.79. The van der Waals surface area contributed by atoms with Gasteiger partial charge in [-0.2, -0.15) is 0 Å². The molecule has 7 nitrogen and oxygen atoms in total. The molecule has 0 bridgehead atoms. The van der Waals surface area contributed by atoms with Crippen LogP contribution in [0.15, 0.2) is 25.0 Å². The Balaban J connectivity index is 1.70. The van der Waals surface area contributed by atoms with Gasteiger partial charge in [0.15, 0.2) is 5.65 Å². The van der Waals surface area contributed by atoms with Crippen LogP contribution in [0.2, 0.25) is 0 Å². The quantitative estimate of drug-likeness (QED) is 0.460. The fraction of sp³-hybridized carbons (Fsp3) is 0.333. The number of likely N-dealkylation sites (tertiary alicyclic amines) is 1. The highest BCUT2D eigenvalue weighted by Crippen LogP contribution is 2.22. The Bertz CT molecular complexity index is 765. The van der Waals surface area contributed by atoms with Crippen molar-refractivity contribution in [1.29, 1.82) is 0 Å². The van der Waals surface area contributed by atoms with Crippen LogP contribution in [0.3, 0.4) is 0 Å². The van der Waals surface area contributed by atoms with Crippen molar-refractivity contribution in [3.63, 3.8) is 0 Å². The van der Waals surface area contributed by atoms with Crippen molar-refractivity contribution in [2.24, 2.45) is 0 Å². The highest BCUT2D eigenvalue weighted by Gasteiger charge is 2.23. The number of fused-ring (bicyclic) bond motifs is 1. The molecule has 0 radical (unpaired) electrons. The van der Waals surface area contributed by atoms with Crippen LogP contribution >= 0.6 is 22.6 Å². The maximum Gasteiger partial charge on any atom is 0.245 e. The van der Waals surface area contributed by atoms with E-state index in [1.165, 1.54) is 6.08 Å². The molecule has 1 aliphatic rings. The van der Waals surface area contributed by atoms with E-state index in [1.54, 1.807) is 39.9 Å². The second kappa shape index (κ2) is 6.65. The molecule has 3 rings (SSSR count). The van der Waals surface area contributed by atoms with Crippen LogP contribution in [-0.4, -0.2) is 48.7 Å². The van der Waals surface area contributed by atoms with Crippen molar-refractivity contribution >= 4 is 43.5 Å². The highest BCUT2D eigenvalue weighted by molar-refractivity contribution is 14.1. The fourth-order valence-corrected chi connectivity index (χ4v) is 2.99. The molecule has 0 unspecified atom stereocenters. The summed E-state index contributed by atoms with van der Waals surface area (Å²) in [5.74, 6) is 0.340. The smallest absolute Gasteiger partial charge is 0.245 e. The Morgan fingerprint density at radius 2 is 2.17 bits per heavy atom. The monoisotopic (exact) mass is 426 g/mol. The average Bonchev–Trinajstić information content (AvgIpc) is 2.98. The van der Waals surface area contributed by atoms with Gasteiger partial charge in [-0.05, 0) is 6.08 Å². The van der Waals surface area contributed by atoms with E-state index in [1.807, 2.05) is 0 Å². The second-order valence-electron chi connectivity index (χ2n) is 5.23. The Labute approximate surface area is 146 Å². The van der Waals surface area contributed by atoms with Gasteiger partial charge >= 0.3 is 0 Å². The number of nitrogens with zero attached hydrogens (tertiary/aromatic N) is 3. The molecule has 3 heterocycles. The van der Waals surface area contributed by atoms with Crippen LogP contribution in [0.5, 0.6) is 5.88 Å². The molecule has 0 spiro atoms. The highest BCUT2D eigenvalue weighted by atomic mass is 127. The molecule has 120 valence electrons. The van der Waals surface area contributed by atoms with E-state index in [2.05, 4.69) is 21.5 Å². The predicted octanol–water partition coefficient (Wildman–Crippen LogP) is 2.09. The van der Waals surface area contributed by atoms with Gasteiger partial charge in [-0.15, -0.1) is 0 Å². The largest absolute Gasteiger partial charge is 0.473 e. The maximum atomic E-state index is 11.6. The zero-order valence-electron chi connectivity index (χ0n) is 12.3. The predicted molar refractivity (Wildman–Crippen MR) is 92.7 cm³/mol. The summed E-state index contributed by atoms with van der Waals surface area (Å²) in [7, 11) is 0. The van der Waals surface area contributed by atoms with E-state index in [9.17, 15) is 9.59 Å². The van der Waals surface area contributed by atoms with Gasteiger partial charge < -0.3 is 14.6 Å². The molecule has 2 aromatic rings. The van der Waals surface area contributed by atoms with Crippen molar-refractivity contribution in [1.82, 2.24) is 19.9 Å². The van der Waals surface area contributed by atoms with Crippen LogP contribution in [-0.2, 0) is 4.79 Å². The summed E-state index contributed by atoms with van der Waals surface area (Å²) in [4.78, 5) is 36.4. The minimum atomic E-state index is -0.100. The van der Waals surface area contributed by atoms with Crippen LogP contribution in [0.4, 0.5) is 0 Å². The lowest BCUT2D eigenvalue weighted by molar-refractivity contribution is -0.127. The number of carbonyl (C=O) groups excluding carboxylic acids is 2.